The topological polar surface area (TPSA) is 12.0 Å². The molecule has 1 heteroatoms. The molecule has 1 nitrogen and oxygen atoms in total. The molecule has 1 fully saturated rings. The van der Waals surface area contributed by atoms with Gasteiger partial charge in [-0.05, 0) is 55.3 Å². The summed E-state index contributed by atoms with van der Waals surface area (Å²) in [5, 5.41) is 3.69. The minimum Gasteiger partial charge on any atom is -0.308 e. The molecule has 2 rings (SSSR count). The summed E-state index contributed by atoms with van der Waals surface area (Å²) in [6.07, 6.45) is 3.69. The van der Waals surface area contributed by atoms with Gasteiger partial charge in [0.25, 0.3) is 0 Å². The quantitative estimate of drug-likeness (QED) is 0.830. The van der Waals surface area contributed by atoms with Gasteiger partial charge in [-0.25, -0.2) is 0 Å². The SMILES string of the molecule is CCc1ccc(C(C)C)cc1C1(C)CCCN1. The van der Waals surface area contributed by atoms with E-state index in [1.807, 2.05) is 0 Å². The van der Waals surface area contributed by atoms with E-state index in [0.717, 1.165) is 13.0 Å². The van der Waals surface area contributed by atoms with Gasteiger partial charge in [-0.15, -0.1) is 0 Å². The average molecular weight is 231 g/mol. The molecule has 0 aliphatic carbocycles. The third kappa shape index (κ3) is 2.40. The molecule has 0 aromatic heterocycles. The van der Waals surface area contributed by atoms with Crippen LogP contribution in [0.25, 0.3) is 0 Å². The van der Waals surface area contributed by atoms with Crippen LogP contribution in [0.1, 0.15) is 63.1 Å². The van der Waals surface area contributed by atoms with Gasteiger partial charge < -0.3 is 5.32 Å². The molecule has 1 N–H and O–H groups in total. The number of benzene rings is 1. The van der Waals surface area contributed by atoms with Crippen LogP contribution >= 0.6 is 0 Å². The zero-order chi connectivity index (χ0) is 12.5. The molecule has 1 aromatic rings. The maximum absolute atomic E-state index is 3.69. The predicted molar refractivity (Wildman–Crippen MR) is 74.5 cm³/mol. The maximum Gasteiger partial charge on any atom is 0.0409 e. The molecule has 0 saturated carbocycles. The summed E-state index contributed by atoms with van der Waals surface area (Å²) in [5.41, 5.74) is 4.71. The summed E-state index contributed by atoms with van der Waals surface area (Å²) >= 11 is 0. The van der Waals surface area contributed by atoms with E-state index in [1.54, 1.807) is 0 Å². The van der Waals surface area contributed by atoms with Crippen molar-refractivity contribution in [2.24, 2.45) is 0 Å². The van der Waals surface area contributed by atoms with E-state index in [4.69, 9.17) is 0 Å². The summed E-state index contributed by atoms with van der Waals surface area (Å²) in [5.74, 6) is 0.615. The van der Waals surface area contributed by atoms with Crippen LogP contribution in [0, 0.1) is 0 Å². The minimum absolute atomic E-state index is 0.205. The number of hydrogen-bond donors (Lipinski definition) is 1. The Hall–Kier alpha value is -0.820. The van der Waals surface area contributed by atoms with Gasteiger partial charge in [-0.2, -0.15) is 0 Å². The van der Waals surface area contributed by atoms with Crippen LogP contribution in [0.15, 0.2) is 18.2 Å². The lowest BCUT2D eigenvalue weighted by molar-refractivity contribution is 0.430. The molecule has 0 bridgehead atoms. The van der Waals surface area contributed by atoms with Crippen LogP contribution < -0.4 is 5.32 Å². The first-order valence-corrected chi connectivity index (χ1v) is 6.95. The van der Waals surface area contributed by atoms with Crippen molar-refractivity contribution in [1.82, 2.24) is 5.32 Å². The molecular formula is C16H25N. The number of aryl methyl sites for hydroxylation is 1. The Bertz CT molecular complexity index is 387. The first-order valence-electron chi connectivity index (χ1n) is 6.95. The van der Waals surface area contributed by atoms with Crippen molar-refractivity contribution in [2.75, 3.05) is 6.54 Å². The molecule has 1 saturated heterocycles. The zero-order valence-corrected chi connectivity index (χ0v) is 11.6. The van der Waals surface area contributed by atoms with Crippen molar-refractivity contribution in [3.63, 3.8) is 0 Å². The first-order chi connectivity index (χ1) is 8.07. The van der Waals surface area contributed by atoms with Crippen LogP contribution in [-0.2, 0) is 12.0 Å². The highest BCUT2D eigenvalue weighted by molar-refractivity contribution is 5.38. The van der Waals surface area contributed by atoms with Gasteiger partial charge >= 0.3 is 0 Å². The van der Waals surface area contributed by atoms with E-state index in [1.165, 1.54) is 29.5 Å². The average Bonchev–Trinajstić information content (AvgIpc) is 2.76. The Labute approximate surface area is 106 Å². The van der Waals surface area contributed by atoms with Crippen molar-refractivity contribution in [3.8, 4) is 0 Å². The lowest BCUT2D eigenvalue weighted by Crippen LogP contribution is -2.34. The summed E-state index contributed by atoms with van der Waals surface area (Å²) in [4.78, 5) is 0. The first kappa shape index (κ1) is 12.6. The summed E-state index contributed by atoms with van der Waals surface area (Å²) in [6, 6.07) is 7.06. The maximum atomic E-state index is 3.69. The Balaban J connectivity index is 2.45. The van der Waals surface area contributed by atoms with Crippen LogP contribution in [0.2, 0.25) is 0 Å². The largest absolute Gasteiger partial charge is 0.308 e. The van der Waals surface area contributed by atoms with Crippen molar-refractivity contribution >= 4 is 0 Å². The third-order valence-electron chi connectivity index (χ3n) is 4.14. The number of nitrogens with one attached hydrogen (secondary N) is 1. The Morgan fingerprint density at radius 1 is 1.35 bits per heavy atom. The highest BCUT2D eigenvalue weighted by Crippen LogP contribution is 2.34. The van der Waals surface area contributed by atoms with E-state index in [0.29, 0.717) is 5.92 Å². The smallest absolute Gasteiger partial charge is 0.0409 e. The fourth-order valence-electron chi connectivity index (χ4n) is 2.90. The lowest BCUT2D eigenvalue weighted by Gasteiger charge is -2.28. The zero-order valence-electron chi connectivity index (χ0n) is 11.6. The van der Waals surface area contributed by atoms with E-state index in [-0.39, 0.29) is 5.54 Å². The minimum atomic E-state index is 0.205. The molecule has 1 heterocycles. The number of rotatable bonds is 3. The van der Waals surface area contributed by atoms with E-state index in [9.17, 15) is 0 Å². The third-order valence-corrected chi connectivity index (χ3v) is 4.14. The molecule has 0 spiro atoms. The molecule has 1 atom stereocenters. The molecule has 17 heavy (non-hydrogen) atoms. The summed E-state index contributed by atoms with van der Waals surface area (Å²) in [6.45, 7) is 10.3. The predicted octanol–water partition coefficient (Wildman–Crippen LogP) is 3.97. The second-order valence-corrected chi connectivity index (χ2v) is 5.79. The van der Waals surface area contributed by atoms with Crippen LogP contribution in [-0.4, -0.2) is 6.54 Å². The van der Waals surface area contributed by atoms with Crippen molar-refractivity contribution in [2.45, 2.75) is 58.4 Å². The second-order valence-electron chi connectivity index (χ2n) is 5.79. The Morgan fingerprint density at radius 3 is 2.65 bits per heavy atom. The normalized spacial score (nSPS) is 24.5. The molecule has 0 amide bonds. The van der Waals surface area contributed by atoms with E-state index < -0.39 is 0 Å². The van der Waals surface area contributed by atoms with Gasteiger partial charge in [0.1, 0.15) is 0 Å². The van der Waals surface area contributed by atoms with Crippen LogP contribution in [0.5, 0.6) is 0 Å². The van der Waals surface area contributed by atoms with E-state index in [2.05, 4.69) is 51.2 Å². The molecule has 94 valence electrons. The van der Waals surface area contributed by atoms with Gasteiger partial charge in [-0.3, -0.25) is 0 Å². The molecule has 1 aromatic carbocycles. The van der Waals surface area contributed by atoms with Crippen molar-refractivity contribution in [3.05, 3.63) is 34.9 Å². The molecule has 1 aliphatic heterocycles. The fourth-order valence-corrected chi connectivity index (χ4v) is 2.90. The number of hydrogen-bond acceptors (Lipinski definition) is 1. The highest BCUT2D eigenvalue weighted by atomic mass is 15.0. The van der Waals surface area contributed by atoms with Crippen LogP contribution in [0.3, 0.4) is 0 Å². The fraction of sp³-hybridized carbons (Fsp3) is 0.625. The van der Waals surface area contributed by atoms with Gasteiger partial charge in [0.05, 0.1) is 0 Å². The summed E-state index contributed by atoms with van der Waals surface area (Å²) < 4.78 is 0. The molecule has 0 radical (unpaired) electrons. The van der Waals surface area contributed by atoms with Crippen LogP contribution in [0.4, 0.5) is 0 Å². The van der Waals surface area contributed by atoms with Crippen molar-refractivity contribution in [1.29, 1.82) is 0 Å². The summed E-state index contributed by atoms with van der Waals surface area (Å²) in [7, 11) is 0. The molecular weight excluding hydrogens is 206 g/mol. The van der Waals surface area contributed by atoms with Gasteiger partial charge in [0.2, 0.25) is 0 Å². The molecule has 1 aliphatic rings. The van der Waals surface area contributed by atoms with E-state index >= 15 is 0 Å². The van der Waals surface area contributed by atoms with Gasteiger partial charge in [-0.1, -0.05) is 39.0 Å². The van der Waals surface area contributed by atoms with Gasteiger partial charge in [0.15, 0.2) is 0 Å². The Kier molecular flexibility index (Phi) is 3.58. The van der Waals surface area contributed by atoms with Crippen molar-refractivity contribution < 1.29 is 0 Å². The monoisotopic (exact) mass is 231 g/mol. The Morgan fingerprint density at radius 2 is 2.12 bits per heavy atom. The second kappa shape index (κ2) is 4.81. The highest BCUT2D eigenvalue weighted by Gasteiger charge is 2.31. The standard InChI is InChI=1S/C16H25N/c1-5-13-7-8-14(12(2)3)11-15(13)16(4)9-6-10-17-16/h7-8,11-12,17H,5-6,9-10H2,1-4H3. The van der Waals surface area contributed by atoms with Gasteiger partial charge in [0, 0.05) is 5.54 Å². The molecule has 1 unspecified atom stereocenters. The lowest BCUT2D eigenvalue weighted by atomic mass is 9.83.